The van der Waals surface area contributed by atoms with Crippen LogP contribution in [0.1, 0.15) is 0 Å². The van der Waals surface area contributed by atoms with Crippen molar-refractivity contribution in [3.63, 3.8) is 0 Å². The maximum Gasteiger partial charge on any atom is 0.234 e. The van der Waals surface area contributed by atoms with E-state index >= 15 is 0 Å². The van der Waals surface area contributed by atoms with Gasteiger partial charge in [0.2, 0.25) is 11.3 Å². The molecule has 3 aromatic rings. The summed E-state index contributed by atoms with van der Waals surface area (Å²) in [6.07, 6.45) is 3.15. The Morgan fingerprint density at radius 1 is 0.929 bits per heavy atom. The number of nitrogens with zero attached hydrogens (tertiary/aromatic N) is 4. The van der Waals surface area contributed by atoms with E-state index < -0.39 is 22.9 Å². The number of para-hydroxylation sites is 1. The largest absolute Gasteiger partial charge is 0.369 e. The van der Waals surface area contributed by atoms with E-state index in [1.165, 1.54) is 27.2 Å². The molecule has 28 heavy (non-hydrogen) atoms. The van der Waals surface area contributed by atoms with Gasteiger partial charge < -0.3 is 4.90 Å². The standard InChI is InChI=1S/C19H18F2N4O2S/c20-17-2-1-3-18(21)19(17)25-13-15(12-22-25)14-4-6-16(7-5-14)23-8-10-24(11-9-23)28(26)27/h1-7,12-13H,8-11H2,(H,26,27). The van der Waals surface area contributed by atoms with Crippen LogP contribution in [0.2, 0.25) is 0 Å². The van der Waals surface area contributed by atoms with Crippen LogP contribution in [0, 0.1) is 11.6 Å². The molecule has 0 saturated carbocycles. The van der Waals surface area contributed by atoms with E-state index in [4.69, 9.17) is 4.55 Å². The Bertz CT molecular complexity index is 981. The zero-order valence-corrected chi connectivity index (χ0v) is 15.6. The molecular formula is C19H18F2N4O2S. The van der Waals surface area contributed by atoms with Crippen molar-refractivity contribution in [2.45, 2.75) is 0 Å². The summed E-state index contributed by atoms with van der Waals surface area (Å²) in [6, 6.07) is 11.5. The third-order valence-corrected chi connectivity index (χ3v) is 5.58. The van der Waals surface area contributed by atoms with Crippen molar-refractivity contribution >= 4 is 17.0 Å². The van der Waals surface area contributed by atoms with Crippen molar-refractivity contribution in [2.24, 2.45) is 0 Å². The highest BCUT2D eigenvalue weighted by Gasteiger charge is 2.20. The zero-order chi connectivity index (χ0) is 19.7. The minimum absolute atomic E-state index is 0.204. The van der Waals surface area contributed by atoms with Gasteiger partial charge in [-0.25, -0.2) is 17.7 Å². The van der Waals surface area contributed by atoms with Crippen molar-refractivity contribution < 1.29 is 17.5 Å². The van der Waals surface area contributed by atoms with Crippen LogP contribution in [0.15, 0.2) is 54.9 Å². The summed E-state index contributed by atoms with van der Waals surface area (Å²) in [5.41, 5.74) is 2.43. The number of halogens is 2. The Hall–Kier alpha value is -2.62. The molecule has 2 heterocycles. The van der Waals surface area contributed by atoms with Gasteiger partial charge in [-0.15, -0.1) is 0 Å². The molecule has 1 fully saturated rings. The van der Waals surface area contributed by atoms with E-state index in [1.807, 2.05) is 24.3 Å². The van der Waals surface area contributed by atoms with Crippen molar-refractivity contribution in [3.8, 4) is 16.8 Å². The molecule has 0 spiro atoms. The van der Waals surface area contributed by atoms with Crippen molar-refractivity contribution in [1.29, 1.82) is 0 Å². The van der Waals surface area contributed by atoms with Gasteiger partial charge in [0, 0.05) is 43.6 Å². The molecule has 0 radical (unpaired) electrons. The van der Waals surface area contributed by atoms with Crippen LogP contribution < -0.4 is 4.90 Å². The van der Waals surface area contributed by atoms with Crippen molar-refractivity contribution in [3.05, 3.63) is 66.5 Å². The van der Waals surface area contributed by atoms with E-state index in [9.17, 15) is 13.0 Å². The second kappa shape index (κ2) is 7.78. The number of hydrogen-bond acceptors (Lipinski definition) is 3. The number of benzene rings is 2. The molecule has 1 saturated heterocycles. The highest BCUT2D eigenvalue weighted by Crippen LogP contribution is 2.25. The number of rotatable bonds is 4. The van der Waals surface area contributed by atoms with Gasteiger partial charge in [0.1, 0.15) is 5.69 Å². The number of piperazine rings is 1. The van der Waals surface area contributed by atoms with Gasteiger partial charge in [-0.05, 0) is 29.8 Å². The van der Waals surface area contributed by atoms with Gasteiger partial charge in [-0.3, -0.25) is 4.55 Å². The van der Waals surface area contributed by atoms with Crippen LogP contribution in [-0.4, -0.2) is 49.0 Å². The maximum absolute atomic E-state index is 13.9. The summed E-state index contributed by atoms with van der Waals surface area (Å²) in [7, 11) is 0. The lowest BCUT2D eigenvalue weighted by atomic mass is 10.1. The van der Waals surface area contributed by atoms with Crippen LogP contribution in [0.5, 0.6) is 0 Å². The van der Waals surface area contributed by atoms with Crippen LogP contribution in [0.3, 0.4) is 0 Å². The Morgan fingerprint density at radius 3 is 2.18 bits per heavy atom. The van der Waals surface area contributed by atoms with Gasteiger partial charge in [0.15, 0.2) is 11.6 Å². The first-order chi connectivity index (χ1) is 13.5. The Balaban J connectivity index is 1.51. The minimum Gasteiger partial charge on any atom is -0.369 e. The first-order valence-corrected chi connectivity index (χ1v) is 9.79. The summed E-state index contributed by atoms with van der Waals surface area (Å²) in [5, 5.41) is 4.09. The summed E-state index contributed by atoms with van der Waals surface area (Å²) in [6.45, 7) is 2.37. The van der Waals surface area contributed by atoms with Crippen molar-refractivity contribution in [2.75, 3.05) is 31.1 Å². The lowest BCUT2D eigenvalue weighted by Crippen LogP contribution is -2.46. The van der Waals surface area contributed by atoms with Gasteiger partial charge in [0.05, 0.1) is 6.20 Å². The highest BCUT2D eigenvalue weighted by atomic mass is 32.2. The summed E-state index contributed by atoms with van der Waals surface area (Å²) in [5.74, 6) is -1.35. The highest BCUT2D eigenvalue weighted by molar-refractivity contribution is 7.76. The predicted octanol–water partition coefficient (Wildman–Crippen LogP) is 3.08. The fraction of sp³-hybridized carbons (Fsp3) is 0.211. The average molecular weight is 404 g/mol. The van der Waals surface area contributed by atoms with Gasteiger partial charge in [-0.1, -0.05) is 18.2 Å². The molecule has 9 heteroatoms. The summed E-state index contributed by atoms with van der Waals surface area (Å²) < 4.78 is 50.8. The van der Waals surface area contributed by atoms with E-state index in [0.29, 0.717) is 26.2 Å². The minimum atomic E-state index is -1.92. The Morgan fingerprint density at radius 2 is 1.57 bits per heavy atom. The topological polar surface area (TPSA) is 61.6 Å². The molecule has 0 bridgehead atoms. The summed E-state index contributed by atoms with van der Waals surface area (Å²) >= 11 is -1.92. The molecule has 1 N–H and O–H groups in total. The van der Waals surface area contributed by atoms with Crippen molar-refractivity contribution in [1.82, 2.24) is 14.1 Å². The Labute approximate surface area is 163 Å². The number of aromatic nitrogens is 2. The van der Waals surface area contributed by atoms with E-state index in [1.54, 1.807) is 12.4 Å². The fourth-order valence-electron chi connectivity index (χ4n) is 3.27. The average Bonchev–Trinajstić information content (AvgIpc) is 3.18. The van der Waals surface area contributed by atoms with E-state index in [-0.39, 0.29) is 5.69 Å². The number of hydrogen-bond donors (Lipinski definition) is 1. The van der Waals surface area contributed by atoms with Gasteiger partial charge >= 0.3 is 0 Å². The maximum atomic E-state index is 13.9. The second-order valence-electron chi connectivity index (χ2n) is 6.44. The lowest BCUT2D eigenvalue weighted by Gasteiger charge is -2.33. The molecule has 6 nitrogen and oxygen atoms in total. The molecule has 1 aliphatic rings. The van der Waals surface area contributed by atoms with Crippen LogP contribution >= 0.6 is 0 Å². The van der Waals surface area contributed by atoms with Crippen LogP contribution in [-0.2, 0) is 11.3 Å². The smallest absolute Gasteiger partial charge is 0.234 e. The zero-order valence-electron chi connectivity index (χ0n) is 14.8. The predicted molar refractivity (Wildman–Crippen MR) is 103 cm³/mol. The molecule has 1 aliphatic heterocycles. The molecule has 1 unspecified atom stereocenters. The first kappa shape index (κ1) is 18.7. The fourth-order valence-corrected chi connectivity index (χ4v) is 3.74. The normalized spacial score (nSPS) is 16.3. The molecule has 1 atom stereocenters. The molecule has 1 aromatic heterocycles. The quantitative estimate of drug-likeness (QED) is 0.679. The summed E-state index contributed by atoms with van der Waals surface area (Å²) in [4.78, 5) is 2.14. The van der Waals surface area contributed by atoms with Crippen LogP contribution in [0.25, 0.3) is 16.8 Å². The van der Waals surface area contributed by atoms with Gasteiger partial charge in [0.25, 0.3) is 0 Å². The first-order valence-electron chi connectivity index (χ1n) is 8.73. The van der Waals surface area contributed by atoms with E-state index in [2.05, 4.69) is 10.00 Å². The SMILES string of the molecule is O=S(O)N1CCN(c2ccc(-c3cnn(-c4c(F)cccc4F)c3)cc2)CC1. The third kappa shape index (κ3) is 3.68. The molecular weight excluding hydrogens is 386 g/mol. The monoisotopic (exact) mass is 404 g/mol. The molecule has 2 aromatic carbocycles. The molecule has 4 rings (SSSR count). The Kier molecular flexibility index (Phi) is 5.21. The van der Waals surface area contributed by atoms with Crippen LogP contribution in [0.4, 0.5) is 14.5 Å². The van der Waals surface area contributed by atoms with E-state index in [0.717, 1.165) is 16.8 Å². The lowest BCUT2D eigenvalue weighted by molar-refractivity contribution is 0.373. The number of anilines is 1. The molecule has 0 aliphatic carbocycles. The third-order valence-electron chi connectivity index (χ3n) is 4.77. The second-order valence-corrected chi connectivity index (χ2v) is 7.42. The molecule has 146 valence electrons. The van der Waals surface area contributed by atoms with Gasteiger partial charge in [-0.2, -0.15) is 9.40 Å². The molecule has 0 amide bonds.